The van der Waals surface area contributed by atoms with Gasteiger partial charge in [0.25, 0.3) is 0 Å². The fourth-order valence-corrected chi connectivity index (χ4v) is 1.19. The molecular formula is C7H14FN. The lowest BCUT2D eigenvalue weighted by atomic mass is 10.3. The molecule has 0 radical (unpaired) electrons. The Morgan fingerprint density at radius 3 is 2.89 bits per heavy atom. The van der Waals surface area contributed by atoms with Gasteiger partial charge in [-0.3, -0.25) is 0 Å². The molecule has 0 heterocycles. The second-order valence-electron chi connectivity index (χ2n) is 2.65. The highest BCUT2D eigenvalue weighted by Gasteiger charge is 2.34. The molecule has 1 nitrogen and oxygen atoms in total. The van der Waals surface area contributed by atoms with Gasteiger partial charge >= 0.3 is 0 Å². The highest BCUT2D eigenvalue weighted by Crippen LogP contribution is 2.32. The Bertz CT molecular complexity index is 85.0. The van der Waals surface area contributed by atoms with E-state index in [1.807, 2.05) is 0 Å². The lowest BCUT2D eigenvalue weighted by Crippen LogP contribution is -2.20. The molecule has 9 heavy (non-hydrogen) atoms. The van der Waals surface area contributed by atoms with E-state index < -0.39 is 0 Å². The largest absolute Gasteiger partial charge is 0.311 e. The van der Waals surface area contributed by atoms with Crippen LogP contribution in [0.4, 0.5) is 4.39 Å². The third-order valence-electron chi connectivity index (χ3n) is 1.95. The molecule has 1 aliphatic carbocycles. The number of nitrogens with one attached hydrogen (secondary N) is 1. The molecule has 0 spiro atoms. The molecule has 2 heteroatoms. The van der Waals surface area contributed by atoms with E-state index >= 15 is 0 Å². The Labute approximate surface area is 55.6 Å². The maximum atomic E-state index is 11.5. The molecule has 1 saturated carbocycles. The summed E-state index contributed by atoms with van der Waals surface area (Å²) in [6.45, 7) is 2.50. The predicted octanol–water partition coefficient (Wildman–Crippen LogP) is 1.34. The van der Waals surface area contributed by atoms with E-state index in [9.17, 15) is 4.39 Å². The van der Waals surface area contributed by atoms with Crippen LogP contribution in [0.5, 0.6) is 0 Å². The van der Waals surface area contributed by atoms with Crippen molar-refractivity contribution in [3.8, 4) is 0 Å². The number of halogens is 1. The number of rotatable bonds is 4. The number of alkyl halides is 1. The minimum absolute atomic E-state index is 0.229. The van der Waals surface area contributed by atoms with Crippen molar-refractivity contribution in [3.63, 3.8) is 0 Å². The SMILES string of the molecule is CCC1CC1NCCF. The van der Waals surface area contributed by atoms with E-state index in [0.29, 0.717) is 12.6 Å². The van der Waals surface area contributed by atoms with E-state index in [2.05, 4.69) is 12.2 Å². The summed E-state index contributed by atoms with van der Waals surface area (Å²) in [6.07, 6.45) is 2.50. The average Bonchev–Trinajstić information content (AvgIpc) is 2.62. The fraction of sp³-hybridized carbons (Fsp3) is 1.00. The molecule has 0 aromatic heterocycles. The lowest BCUT2D eigenvalue weighted by molar-refractivity contribution is 0.460. The summed E-state index contributed by atoms with van der Waals surface area (Å²) in [7, 11) is 0. The Morgan fingerprint density at radius 2 is 2.44 bits per heavy atom. The third kappa shape index (κ3) is 1.94. The van der Waals surface area contributed by atoms with Crippen LogP contribution in [-0.4, -0.2) is 19.3 Å². The molecule has 54 valence electrons. The van der Waals surface area contributed by atoms with Crippen LogP contribution >= 0.6 is 0 Å². The molecule has 0 saturated heterocycles. The van der Waals surface area contributed by atoms with Crippen molar-refractivity contribution in [2.45, 2.75) is 25.8 Å². The molecule has 2 unspecified atom stereocenters. The van der Waals surface area contributed by atoms with E-state index in [4.69, 9.17) is 0 Å². The number of hydrogen-bond donors (Lipinski definition) is 1. The van der Waals surface area contributed by atoms with Gasteiger partial charge in [0, 0.05) is 12.6 Å². The molecule has 0 bridgehead atoms. The summed E-state index contributed by atoms with van der Waals surface area (Å²) in [5, 5.41) is 3.13. The summed E-state index contributed by atoms with van der Waals surface area (Å²) < 4.78 is 11.5. The lowest BCUT2D eigenvalue weighted by Gasteiger charge is -1.96. The zero-order chi connectivity index (χ0) is 6.69. The van der Waals surface area contributed by atoms with E-state index in [1.165, 1.54) is 12.8 Å². The van der Waals surface area contributed by atoms with Crippen LogP contribution in [0.2, 0.25) is 0 Å². The van der Waals surface area contributed by atoms with E-state index in [1.54, 1.807) is 0 Å². The van der Waals surface area contributed by atoms with Crippen LogP contribution in [0.1, 0.15) is 19.8 Å². The Morgan fingerprint density at radius 1 is 1.67 bits per heavy atom. The molecule has 1 fully saturated rings. The van der Waals surface area contributed by atoms with Gasteiger partial charge < -0.3 is 5.32 Å². The quantitative estimate of drug-likeness (QED) is 0.607. The first kappa shape index (κ1) is 7.00. The smallest absolute Gasteiger partial charge is 0.102 e. The van der Waals surface area contributed by atoms with Gasteiger partial charge in [-0.15, -0.1) is 0 Å². The molecule has 1 aliphatic rings. The van der Waals surface area contributed by atoms with E-state index in [0.717, 1.165) is 5.92 Å². The minimum Gasteiger partial charge on any atom is -0.311 e. The standard InChI is InChI=1S/C7H14FN/c1-2-6-5-7(6)9-4-3-8/h6-7,9H,2-5H2,1H3. The van der Waals surface area contributed by atoms with Gasteiger partial charge in [-0.25, -0.2) is 4.39 Å². The summed E-state index contributed by atoms with van der Waals surface area (Å²) >= 11 is 0. The molecule has 0 amide bonds. The van der Waals surface area contributed by atoms with Crippen molar-refractivity contribution in [3.05, 3.63) is 0 Å². The van der Waals surface area contributed by atoms with Gasteiger partial charge in [0.05, 0.1) is 0 Å². The first-order valence-electron chi connectivity index (χ1n) is 3.67. The molecule has 2 atom stereocenters. The van der Waals surface area contributed by atoms with Crippen LogP contribution in [0.3, 0.4) is 0 Å². The molecule has 0 aromatic rings. The van der Waals surface area contributed by atoms with E-state index in [-0.39, 0.29) is 6.67 Å². The van der Waals surface area contributed by atoms with Crippen molar-refractivity contribution in [2.24, 2.45) is 5.92 Å². The van der Waals surface area contributed by atoms with Crippen LogP contribution in [0.25, 0.3) is 0 Å². The van der Waals surface area contributed by atoms with Gasteiger partial charge in [0.1, 0.15) is 6.67 Å². The Hall–Kier alpha value is -0.110. The topological polar surface area (TPSA) is 12.0 Å². The van der Waals surface area contributed by atoms with Gasteiger partial charge in [-0.2, -0.15) is 0 Å². The van der Waals surface area contributed by atoms with Crippen LogP contribution < -0.4 is 5.32 Å². The molecule has 1 rings (SSSR count). The summed E-state index contributed by atoms with van der Waals surface area (Å²) in [5.74, 6) is 0.844. The molecule has 0 aromatic carbocycles. The van der Waals surface area contributed by atoms with Gasteiger partial charge in [-0.1, -0.05) is 13.3 Å². The zero-order valence-electron chi connectivity index (χ0n) is 5.86. The summed E-state index contributed by atoms with van der Waals surface area (Å²) in [4.78, 5) is 0. The summed E-state index contributed by atoms with van der Waals surface area (Å²) in [5.41, 5.74) is 0. The normalized spacial score (nSPS) is 32.7. The zero-order valence-corrected chi connectivity index (χ0v) is 5.86. The Balaban J connectivity index is 1.92. The van der Waals surface area contributed by atoms with Crippen molar-refractivity contribution in [2.75, 3.05) is 13.2 Å². The second kappa shape index (κ2) is 3.16. The highest BCUT2D eigenvalue weighted by molar-refractivity contribution is 4.91. The Kier molecular flexibility index (Phi) is 2.46. The first-order chi connectivity index (χ1) is 4.38. The maximum absolute atomic E-state index is 11.5. The molecule has 0 aliphatic heterocycles. The van der Waals surface area contributed by atoms with Gasteiger partial charge in [0.15, 0.2) is 0 Å². The van der Waals surface area contributed by atoms with Crippen molar-refractivity contribution >= 4 is 0 Å². The van der Waals surface area contributed by atoms with Crippen molar-refractivity contribution in [1.29, 1.82) is 0 Å². The van der Waals surface area contributed by atoms with Gasteiger partial charge in [0.2, 0.25) is 0 Å². The molecular weight excluding hydrogens is 117 g/mol. The van der Waals surface area contributed by atoms with Crippen LogP contribution in [0, 0.1) is 5.92 Å². The van der Waals surface area contributed by atoms with Crippen molar-refractivity contribution in [1.82, 2.24) is 5.32 Å². The van der Waals surface area contributed by atoms with Crippen LogP contribution in [0.15, 0.2) is 0 Å². The van der Waals surface area contributed by atoms with Crippen molar-refractivity contribution < 1.29 is 4.39 Å². The second-order valence-corrected chi connectivity index (χ2v) is 2.65. The van der Waals surface area contributed by atoms with Crippen LogP contribution in [-0.2, 0) is 0 Å². The minimum atomic E-state index is -0.229. The number of hydrogen-bond acceptors (Lipinski definition) is 1. The summed E-state index contributed by atoms with van der Waals surface area (Å²) in [6, 6.07) is 0.644. The highest BCUT2D eigenvalue weighted by atomic mass is 19.1. The maximum Gasteiger partial charge on any atom is 0.102 e. The third-order valence-corrected chi connectivity index (χ3v) is 1.95. The monoisotopic (exact) mass is 131 g/mol. The first-order valence-corrected chi connectivity index (χ1v) is 3.67. The average molecular weight is 131 g/mol. The molecule has 1 N–H and O–H groups in total. The fourth-order valence-electron chi connectivity index (χ4n) is 1.19. The van der Waals surface area contributed by atoms with Gasteiger partial charge in [-0.05, 0) is 12.3 Å². The predicted molar refractivity (Wildman–Crippen MR) is 36.2 cm³/mol.